The minimum absolute atomic E-state index is 0.149. The van der Waals surface area contributed by atoms with E-state index in [9.17, 15) is 14.4 Å². The highest BCUT2D eigenvalue weighted by Gasteiger charge is 2.43. The van der Waals surface area contributed by atoms with E-state index in [1.807, 2.05) is 30.3 Å². The number of carbonyl (C=O) groups excluding carboxylic acids is 3. The van der Waals surface area contributed by atoms with Gasteiger partial charge in [-0.25, -0.2) is 4.79 Å². The highest BCUT2D eigenvalue weighted by Crippen LogP contribution is 2.16. The van der Waals surface area contributed by atoms with Crippen molar-refractivity contribution < 1.29 is 19.5 Å². The molecule has 2 heterocycles. The Hall–Kier alpha value is -2.61. The lowest BCUT2D eigenvalue weighted by Crippen LogP contribution is -2.70. The summed E-state index contributed by atoms with van der Waals surface area (Å²) in [6.45, 7) is 0.772. The molecule has 1 aromatic rings. The third kappa shape index (κ3) is 3.18. The first-order chi connectivity index (χ1) is 11.6. The Balaban J connectivity index is 1.59. The van der Waals surface area contributed by atoms with Crippen molar-refractivity contribution in [2.45, 2.75) is 18.6 Å². The summed E-state index contributed by atoms with van der Waals surface area (Å²) in [5.41, 5.74) is 0.987. The van der Waals surface area contributed by atoms with Crippen molar-refractivity contribution in [3.05, 3.63) is 35.9 Å². The number of fused-ring (bicyclic) bond motifs is 1. The minimum atomic E-state index is -0.882. The Kier molecular flexibility index (Phi) is 4.66. The van der Waals surface area contributed by atoms with Crippen LogP contribution >= 0.6 is 0 Å². The number of aliphatic hydroxyl groups excluding tert-OH is 1. The first-order valence-corrected chi connectivity index (χ1v) is 7.88. The summed E-state index contributed by atoms with van der Waals surface area (Å²) in [6, 6.07) is 7.70. The summed E-state index contributed by atoms with van der Waals surface area (Å²) in [7, 11) is 0. The molecule has 0 aliphatic carbocycles. The van der Waals surface area contributed by atoms with Gasteiger partial charge in [-0.05, 0) is 5.56 Å². The molecular weight excluding hydrogens is 312 g/mol. The van der Waals surface area contributed by atoms with Crippen molar-refractivity contribution in [2.75, 3.05) is 26.2 Å². The van der Waals surface area contributed by atoms with Gasteiger partial charge < -0.3 is 25.5 Å². The number of amides is 4. The monoisotopic (exact) mass is 332 g/mol. The van der Waals surface area contributed by atoms with Crippen molar-refractivity contribution in [3.63, 3.8) is 0 Å². The van der Waals surface area contributed by atoms with E-state index in [0.29, 0.717) is 13.1 Å². The number of urea groups is 1. The Morgan fingerprint density at radius 2 is 2.00 bits per heavy atom. The van der Waals surface area contributed by atoms with Gasteiger partial charge in [0.1, 0.15) is 12.1 Å². The maximum Gasteiger partial charge on any atom is 0.317 e. The first-order valence-electron chi connectivity index (χ1n) is 7.88. The maximum atomic E-state index is 12.3. The number of piperazine rings is 2. The molecule has 8 heteroatoms. The summed E-state index contributed by atoms with van der Waals surface area (Å²) in [5, 5.41) is 14.5. The second-order valence-corrected chi connectivity index (χ2v) is 5.88. The number of rotatable bonds is 3. The van der Waals surface area contributed by atoms with Gasteiger partial charge >= 0.3 is 6.03 Å². The topological polar surface area (TPSA) is 102 Å². The molecule has 1 aromatic carbocycles. The maximum absolute atomic E-state index is 12.3. The molecule has 0 bridgehead atoms. The van der Waals surface area contributed by atoms with Crippen LogP contribution in [0.2, 0.25) is 0 Å². The van der Waals surface area contributed by atoms with Crippen LogP contribution in [0, 0.1) is 0 Å². The van der Waals surface area contributed by atoms with Gasteiger partial charge in [-0.1, -0.05) is 30.3 Å². The van der Waals surface area contributed by atoms with E-state index in [4.69, 9.17) is 5.11 Å². The molecule has 0 unspecified atom stereocenters. The van der Waals surface area contributed by atoms with Gasteiger partial charge in [0, 0.05) is 19.6 Å². The zero-order chi connectivity index (χ0) is 17.1. The molecule has 2 aliphatic rings. The minimum Gasteiger partial charge on any atom is -0.394 e. The van der Waals surface area contributed by atoms with Gasteiger partial charge in [-0.15, -0.1) is 0 Å². The average Bonchev–Trinajstić information content (AvgIpc) is 2.63. The summed E-state index contributed by atoms with van der Waals surface area (Å²) in [5.74, 6) is -0.638. The van der Waals surface area contributed by atoms with Crippen molar-refractivity contribution in [3.8, 4) is 0 Å². The van der Waals surface area contributed by atoms with Crippen LogP contribution in [-0.4, -0.2) is 71.1 Å². The summed E-state index contributed by atoms with van der Waals surface area (Å²) in [4.78, 5) is 39.5. The number of hydrogen-bond donors (Lipinski definition) is 3. The Bertz CT molecular complexity index is 636. The average molecular weight is 332 g/mol. The lowest BCUT2D eigenvalue weighted by atomic mass is 10.0. The van der Waals surface area contributed by atoms with Crippen molar-refractivity contribution in [1.82, 2.24) is 20.4 Å². The van der Waals surface area contributed by atoms with Crippen LogP contribution in [0.1, 0.15) is 5.56 Å². The SMILES string of the molecule is O=C1N[C@@H](CO)C(=O)N2CCN(C(=O)NCc3ccccc3)C[C@H]12. The second-order valence-electron chi connectivity index (χ2n) is 5.88. The van der Waals surface area contributed by atoms with E-state index >= 15 is 0 Å². The van der Waals surface area contributed by atoms with Gasteiger partial charge in [0.15, 0.2) is 0 Å². The third-order valence-electron chi connectivity index (χ3n) is 4.34. The zero-order valence-electron chi connectivity index (χ0n) is 13.1. The number of carbonyl (C=O) groups is 3. The molecule has 2 fully saturated rings. The molecule has 3 rings (SSSR count). The molecule has 0 aromatic heterocycles. The number of nitrogens with one attached hydrogen (secondary N) is 2. The first kappa shape index (κ1) is 16.3. The zero-order valence-corrected chi connectivity index (χ0v) is 13.1. The predicted octanol–water partition coefficient (Wildman–Crippen LogP) is -1.10. The van der Waals surface area contributed by atoms with E-state index in [-0.39, 0.29) is 30.9 Å². The van der Waals surface area contributed by atoms with Crippen LogP contribution in [-0.2, 0) is 16.1 Å². The van der Waals surface area contributed by atoms with Gasteiger partial charge in [0.05, 0.1) is 13.2 Å². The number of aliphatic hydroxyl groups is 1. The van der Waals surface area contributed by atoms with E-state index in [1.165, 1.54) is 9.80 Å². The molecule has 0 saturated carbocycles. The van der Waals surface area contributed by atoms with E-state index in [0.717, 1.165) is 5.56 Å². The number of nitrogens with zero attached hydrogens (tertiary/aromatic N) is 2. The summed E-state index contributed by atoms with van der Waals surface area (Å²) < 4.78 is 0. The molecule has 24 heavy (non-hydrogen) atoms. The molecule has 0 spiro atoms. The van der Waals surface area contributed by atoms with E-state index < -0.39 is 18.7 Å². The Labute approximate surface area is 139 Å². The van der Waals surface area contributed by atoms with Crippen LogP contribution in [0.5, 0.6) is 0 Å². The van der Waals surface area contributed by atoms with Crippen LogP contribution in [0.4, 0.5) is 4.79 Å². The summed E-state index contributed by atoms with van der Waals surface area (Å²) in [6.07, 6.45) is 0. The molecule has 0 radical (unpaired) electrons. The van der Waals surface area contributed by atoms with Gasteiger partial charge in [-0.2, -0.15) is 0 Å². The fraction of sp³-hybridized carbons (Fsp3) is 0.438. The molecule has 2 saturated heterocycles. The quantitative estimate of drug-likeness (QED) is 0.654. The second kappa shape index (κ2) is 6.88. The molecular formula is C16H20N4O4. The van der Waals surface area contributed by atoms with Crippen molar-refractivity contribution in [1.29, 1.82) is 0 Å². The van der Waals surface area contributed by atoms with Crippen LogP contribution < -0.4 is 10.6 Å². The lowest BCUT2D eigenvalue weighted by Gasteiger charge is -2.44. The van der Waals surface area contributed by atoms with Gasteiger partial charge in [0.25, 0.3) is 0 Å². The molecule has 3 N–H and O–H groups in total. The molecule has 2 aliphatic heterocycles. The molecule has 128 valence electrons. The third-order valence-corrected chi connectivity index (χ3v) is 4.34. The number of benzene rings is 1. The van der Waals surface area contributed by atoms with Crippen LogP contribution in [0.25, 0.3) is 0 Å². The van der Waals surface area contributed by atoms with Crippen LogP contribution in [0.3, 0.4) is 0 Å². The van der Waals surface area contributed by atoms with Gasteiger partial charge in [0.2, 0.25) is 11.8 Å². The van der Waals surface area contributed by atoms with E-state index in [2.05, 4.69) is 10.6 Å². The molecule has 2 atom stereocenters. The highest BCUT2D eigenvalue weighted by molar-refractivity contribution is 5.97. The van der Waals surface area contributed by atoms with Crippen molar-refractivity contribution in [2.24, 2.45) is 0 Å². The van der Waals surface area contributed by atoms with E-state index in [1.54, 1.807) is 0 Å². The fourth-order valence-corrected chi connectivity index (χ4v) is 2.99. The lowest BCUT2D eigenvalue weighted by molar-refractivity contribution is -0.153. The van der Waals surface area contributed by atoms with Crippen molar-refractivity contribution >= 4 is 17.8 Å². The smallest absolute Gasteiger partial charge is 0.317 e. The predicted molar refractivity (Wildman–Crippen MR) is 84.8 cm³/mol. The fourth-order valence-electron chi connectivity index (χ4n) is 2.99. The van der Waals surface area contributed by atoms with Crippen LogP contribution in [0.15, 0.2) is 30.3 Å². The molecule has 8 nitrogen and oxygen atoms in total. The standard InChI is InChI=1S/C16H20N4O4/c21-10-12-15(23)20-7-6-19(9-13(20)14(22)18-12)16(24)17-8-11-4-2-1-3-5-11/h1-5,12-13,21H,6-10H2,(H,17,24)(H,18,22)/t12-,13+/m0/s1. The largest absolute Gasteiger partial charge is 0.394 e. The summed E-state index contributed by atoms with van der Waals surface area (Å²) >= 11 is 0. The Morgan fingerprint density at radius 3 is 2.71 bits per heavy atom. The normalized spacial score (nSPS) is 23.5. The van der Waals surface area contributed by atoms with Gasteiger partial charge in [-0.3, -0.25) is 9.59 Å². The highest BCUT2D eigenvalue weighted by atomic mass is 16.3. The number of hydrogen-bond acceptors (Lipinski definition) is 4. The Morgan fingerprint density at radius 1 is 1.25 bits per heavy atom. The molecule has 4 amide bonds.